The molecule has 0 saturated carbocycles. The minimum absolute atomic E-state index is 0.224. The number of hydrogen-bond donors (Lipinski definition) is 6. The molecule has 200 valence electrons. The number of aliphatic hydroxyl groups excluding tert-OH is 6. The Kier molecular flexibility index (Phi) is 12.5. The smallest absolute Gasteiger partial charge is 0.335 e. The lowest BCUT2D eigenvalue weighted by Gasteiger charge is -2.24. The van der Waals surface area contributed by atoms with Crippen LogP contribution in [0.5, 0.6) is 0 Å². The van der Waals surface area contributed by atoms with E-state index in [1.165, 1.54) is 0 Å². The molecular formula is C23H33N2O9PS. The van der Waals surface area contributed by atoms with Crippen LogP contribution in [0.4, 0.5) is 0 Å². The van der Waals surface area contributed by atoms with Crippen LogP contribution in [0, 0.1) is 0 Å². The first-order valence-electron chi connectivity index (χ1n) is 11.3. The van der Waals surface area contributed by atoms with E-state index in [1.807, 2.05) is 36.4 Å². The molecule has 0 aliphatic rings. The molecule has 0 aliphatic carbocycles. The van der Waals surface area contributed by atoms with Crippen LogP contribution >= 0.6 is 18.9 Å². The summed E-state index contributed by atoms with van der Waals surface area (Å²) in [6.07, 6.45) is -4.45. The predicted molar refractivity (Wildman–Crippen MR) is 136 cm³/mol. The summed E-state index contributed by atoms with van der Waals surface area (Å²) in [6, 6.07) is 11.8. The van der Waals surface area contributed by atoms with Gasteiger partial charge in [0.2, 0.25) is 0 Å². The van der Waals surface area contributed by atoms with Crippen molar-refractivity contribution < 1.29 is 44.3 Å². The molecule has 2 aromatic heterocycles. The molecule has 0 amide bonds. The number of aromatic nitrogens is 2. The second kappa shape index (κ2) is 14.8. The highest BCUT2D eigenvalue weighted by molar-refractivity contribution is 7.53. The van der Waals surface area contributed by atoms with Gasteiger partial charge >= 0.3 is 7.60 Å². The monoisotopic (exact) mass is 544 g/mol. The third-order valence-corrected chi connectivity index (χ3v) is 7.99. The number of aliphatic hydroxyl groups is 6. The lowest BCUT2D eigenvalue weighted by Crippen LogP contribution is -2.46. The minimum Gasteiger partial charge on any atom is -0.394 e. The van der Waals surface area contributed by atoms with Crippen molar-refractivity contribution in [3.63, 3.8) is 0 Å². The lowest BCUT2D eigenvalue weighted by atomic mass is 10.0. The van der Waals surface area contributed by atoms with E-state index < -0.39 is 45.2 Å². The number of para-hydroxylation sites is 1. The summed E-state index contributed by atoms with van der Waals surface area (Å²) in [6.45, 7) is 2.87. The number of rotatable bonds is 12. The molecule has 0 spiro atoms. The van der Waals surface area contributed by atoms with Crippen LogP contribution in [0.3, 0.4) is 0 Å². The van der Waals surface area contributed by atoms with E-state index in [-0.39, 0.29) is 6.16 Å². The highest BCUT2D eigenvalue weighted by Gasteiger charge is 2.29. The Morgan fingerprint density at radius 2 is 1.50 bits per heavy atom. The zero-order chi connectivity index (χ0) is 26.7. The molecule has 11 nitrogen and oxygen atoms in total. The zero-order valence-electron chi connectivity index (χ0n) is 20.0. The van der Waals surface area contributed by atoms with Crippen LogP contribution in [0.25, 0.3) is 20.9 Å². The van der Waals surface area contributed by atoms with Gasteiger partial charge in [0.1, 0.15) is 29.4 Å². The largest absolute Gasteiger partial charge is 0.394 e. The number of hydrogen-bond acceptors (Lipinski definition) is 12. The number of fused-ring (bicyclic) bond motifs is 1. The van der Waals surface area contributed by atoms with Gasteiger partial charge in [0.05, 0.1) is 48.5 Å². The summed E-state index contributed by atoms with van der Waals surface area (Å²) in [5.41, 5.74) is 2.60. The van der Waals surface area contributed by atoms with Gasteiger partial charge in [-0.2, -0.15) is 0 Å². The number of benzene rings is 1. The molecule has 0 fully saturated rings. The van der Waals surface area contributed by atoms with Gasteiger partial charge in [-0.3, -0.25) is 9.55 Å². The Morgan fingerprint density at radius 1 is 0.917 bits per heavy atom. The molecule has 2 heterocycles. The minimum atomic E-state index is -3.10. The van der Waals surface area contributed by atoms with E-state index in [2.05, 4.69) is 9.97 Å². The second-order valence-corrected chi connectivity index (χ2v) is 10.7. The van der Waals surface area contributed by atoms with E-state index in [0.29, 0.717) is 13.2 Å². The molecule has 1 aromatic carbocycles. The third-order valence-electron chi connectivity index (χ3n) is 4.88. The summed E-state index contributed by atoms with van der Waals surface area (Å²) in [7, 11) is -3.10. The first-order valence-corrected chi connectivity index (χ1v) is 13.8. The van der Waals surface area contributed by atoms with E-state index in [4.69, 9.17) is 39.7 Å². The molecule has 13 heteroatoms. The fraction of sp³-hybridized carbons (Fsp3) is 0.478. The molecular weight excluding hydrogens is 511 g/mol. The van der Waals surface area contributed by atoms with Crippen LogP contribution in [0.2, 0.25) is 0 Å². The molecule has 0 radical (unpaired) electrons. The van der Waals surface area contributed by atoms with Crippen molar-refractivity contribution >= 4 is 29.1 Å². The molecule has 0 saturated heterocycles. The lowest BCUT2D eigenvalue weighted by molar-refractivity contribution is -0.123. The number of pyridine rings is 1. The van der Waals surface area contributed by atoms with Crippen molar-refractivity contribution in [2.75, 3.05) is 26.4 Å². The van der Waals surface area contributed by atoms with Crippen LogP contribution < -0.4 is 0 Å². The highest BCUT2D eigenvalue weighted by Crippen LogP contribution is 2.51. The van der Waals surface area contributed by atoms with E-state index in [9.17, 15) is 4.57 Å². The van der Waals surface area contributed by atoms with E-state index in [0.717, 1.165) is 26.5 Å². The molecule has 0 aliphatic heterocycles. The maximum atomic E-state index is 12.6. The van der Waals surface area contributed by atoms with Crippen molar-refractivity contribution in [2.45, 2.75) is 44.4 Å². The van der Waals surface area contributed by atoms with Crippen molar-refractivity contribution in [3.8, 4) is 10.7 Å². The van der Waals surface area contributed by atoms with Gasteiger partial charge in [-0.1, -0.05) is 18.2 Å². The predicted octanol–water partition coefficient (Wildman–Crippen LogP) is 1.54. The van der Waals surface area contributed by atoms with Gasteiger partial charge in [-0.15, -0.1) is 11.3 Å². The van der Waals surface area contributed by atoms with Crippen LogP contribution in [-0.4, -0.2) is 91.5 Å². The highest BCUT2D eigenvalue weighted by atomic mass is 32.1. The Balaban J connectivity index is 0.000000324. The molecule has 0 bridgehead atoms. The molecule has 6 N–H and O–H groups in total. The maximum Gasteiger partial charge on any atom is 0.335 e. The van der Waals surface area contributed by atoms with Crippen molar-refractivity contribution in [1.82, 2.24) is 9.97 Å². The molecule has 0 unspecified atom stereocenters. The SMILES string of the molecule is CCOP(=O)(Cc1ccc(-c2nc3ccccc3s2)nc1)OCC.OC[C@@H](O)[C@@H](O)[C@H](O)[C@H](O)CO. The van der Waals surface area contributed by atoms with E-state index in [1.54, 1.807) is 31.4 Å². The Labute approximate surface area is 213 Å². The number of nitrogens with zero attached hydrogens (tertiary/aromatic N) is 2. The molecule has 4 atom stereocenters. The Bertz CT molecular complexity index is 1040. The van der Waals surface area contributed by atoms with Gasteiger partial charge in [-0.25, -0.2) is 4.98 Å². The second-order valence-electron chi connectivity index (χ2n) is 7.62. The fourth-order valence-corrected chi connectivity index (χ4v) is 5.66. The average Bonchev–Trinajstić information content (AvgIpc) is 3.32. The molecule has 3 aromatic rings. The van der Waals surface area contributed by atoms with Crippen molar-refractivity contribution in [2.24, 2.45) is 0 Å². The maximum absolute atomic E-state index is 12.6. The third kappa shape index (κ3) is 8.63. The van der Waals surface area contributed by atoms with Gasteiger partial charge in [-0.05, 0) is 37.6 Å². The summed E-state index contributed by atoms with van der Waals surface area (Å²) < 4.78 is 24.4. The standard InChI is InChI=1S/C17H19N2O3PS.C6H14O6/c1-3-21-23(20,22-4-2)12-13-9-10-15(18-11-13)17-19-14-7-5-6-8-16(14)24-17;7-1-3(9)5(11)6(12)4(10)2-8/h5-11H,3-4,12H2,1-2H3;3-12H,1-2H2/t;3-,4-,5-,6-/m.1/s1. The quantitative estimate of drug-likeness (QED) is 0.182. The topological polar surface area (TPSA) is 183 Å². The van der Waals surface area contributed by atoms with E-state index >= 15 is 0 Å². The van der Waals surface area contributed by atoms with Crippen LogP contribution in [0.15, 0.2) is 42.6 Å². The number of thiazole rings is 1. The van der Waals surface area contributed by atoms with Gasteiger partial charge < -0.3 is 39.7 Å². The first kappa shape index (κ1) is 30.4. The molecule has 36 heavy (non-hydrogen) atoms. The zero-order valence-corrected chi connectivity index (χ0v) is 21.8. The van der Waals surface area contributed by atoms with Crippen LogP contribution in [-0.2, 0) is 19.8 Å². The first-order chi connectivity index (χ1) is 17.2. The summed E-state index contributed by atoms with van der Waals surface area (Å²) in [5.74, 6) is 0. The van der Waals surface area contributed by atoms with Crippen molar-refractivity contribution in [1.29, 1.82) is 0 Å². The molecule has 3 rings (SSSR count). The average molecular weight is 545 g/mol. The van der Waals surface area contributed by atoms with Gasteiger partial charge in [0.25, 0.3) is 0 Å². The normalized spacial score (nSPS) is 15.1. The summed E-state index contributed by atoms with van der Waals surface area (Å²) in [5, 5.41) is 53.1. The summed E-state index contributed by atoms with van der Waals surface area (Å²) in [4.78, 5) is 9.06. The van der Waals surface area contributed by atoms with Crippen molar-refractivity contribution in [3.05, 3.63) is 48.2 Å². The Morgan fingerprint density at radius 3 is 1.97 bits per heavy atom. The Hall–Kier alpha value is -1.83. The summed E-state index contributed by atoms with van der Waals surface area (Å²) >= 11 is 1.61. The van der Waals surface area contributed by atoms with Gasteiger partial charge in [0, 0.05) is 6.20 Å². The fourth-order valence-electron chi connectivity index (χ4n) is 3.04. The van der Waals surface area contributed by atoms with Gasteiger partial charge in [0.15, 0.2) is 0 Å². The van der Waals surface area contributed by atoms with Crippen LogP contribution in [0.1, 0.15) is 19.4 Å².